The second-order valence-corrected chi connectivity index (χ2v) is 4.00. The lowest BCUT2D eigenvalue weighted by atomic mass is 10.2. The van der Waals surface area contributed by atoms with E-state index in [0.29, 0.717) is 19.1 Å². The zero-order valence-electron chi connectivity index (χ0n) is 9.71. The van der Waals surface area contributed by atoms with Gasteiger partial charge in [0.15, 0.2) is 0 Å². The third-order valence-corrected chi connectivity index (χ3v) is 2.45. The molecule has 0 fully saturated rings. The average molecular weight is 201 g/mol. The van der Waals surface area contributed by atoms with Gasteiger partial charge in [-0.1, -0.05) is 6.92 Å². The molecule has 84 valence electrons. The van der Waals surface area contributed by atoms with E-state index in [-0.39, 0.29) is 11.8 Å². The number of carbonyl (C=O) groups is 1. The molecule has 0 aromatic heterocycles. The van der Waals surface area contributed by atoms with Crippen LogP contribution in [-0.4, -0.2) is 43.5 Å². The maximum atomic E-state index is 11.3. The van der Waals surface area contributed by atoms with E-state index in [1.807, 2.05) is 14.0 Å². The summed E-state index contributed by atoms with van der Waals surface area (Å²) in [5, 5.41) is 2.86. The largest absolute Gasteiger partial charge is 0.355 e. The van der Waals surface area contributed by atoms with Crippen molar-refractivity contribution in [3.05, 3.63) is 0 Å². The van der Waals surface area contributed by atoms with Crippen LogP contribution >= 0.6 is 0 Å². The molecular formula is C10H23N3O. The van der Waals surface area contributed by atoms with Gasteiger partial charge in [-0.3, -0.25) is 4.79 Å². The fourth-order valence-corrected chi connectivity index (χ4v) is 0.895. The predicted octanol–water partition coefficient (Wildman–Crippen LogP) is 0.0376. The van der Waals surface area contributed by atoms with Gasteiger partial charge in [0.1, 0.15) is 0 Å². The Morgan fingerprint density at radius 2 is 2.00 bits per heavy atom. The first kappa shape index (κ1) is 13.4. The number of carbonyl (C=O) groups excluding carboxylic acids is 1. The van der Waals surface area contributed by atoms with Crippen LogP contribution in [0.1, 0.15) is 20.8 Å². The number of likely N-dealkylation sites (N-methyl/N-ethyl adjacent to an activating group) is 1. The zero-order chi connectivity index (χ0) is 11.1. The van der Waals surface area contributed by atoms with E-state index in [9.17, 15) is 4.79 Å². The summed E-state index contributed by atoms with van der Waals surface area (Å²) in [6.07, 6.45) is 0. The lowest BCUT2D eigenvalue weighted by Crippen LogP contribution is -2.39. The summed E-state index contributed by atoms with van der Waals surface area (Å²) in [5.41, 5.74) is 5.38. The van der Waals surface area contributed by atoms with Crippen LogP contribution in [0.15, 0.2) is 0 Å². The number of rotatable bonds is 6. The zero-order valence-corrected chi connectivity index (χ0v) is 9.71. The van der Waals surface area contributed by atoms with Crippen molar-refractivity contribution in [1.82, 2.24) is 10.2 Å². The monoisotopic (exact) mass is 201 g/mol. The molecule has 0 aliphatic carbocycles. The van der Waals surface area contributed by atoms with Crippen molar-refractivity contribution < 1.29 is 4.79 Å². The molecule has 0 rings (SSSR count). The van der Waals surface area contributed by atoms with E-state index in [1.54, 1.807) is 0 Å². The molecule has 0 radical (unpaired) electrons. The van der Waals surface area contributed by atoms with E-state index in [4.69, 9.17) is 5.73 Å². The molecule has 0 heterocycles. The second-order valence-electron chi connectivity index (χ2n) is 4.00. The summed E-state index contributed by atoms with van der Waals surface area (Å²) < 4.78 is 0. The third-order valence-electron chi connectivity index (χ3n) is 2.45. The fraction of sp³-hybridized carbons (Fsp3) is 0.900. The first-order valence-corrected chi connectivity index (χ1v) is 5.17. The Balaban J connectivity index is 3.59. The molecule has 4 nitrogen and oxygen atoms in total. The number of nitrogens with one attached hydrogen (secondary N) is 1. The van der Waals surface area contributed by atoms with Gasteiger partial charge in [0, 0.05) is 31.6 Å². The summed E-state index contributed by atoms with van der Waals surface area (Å²) in [5.74, 6) is -0.0380. The molecule has 0 saturated heterocycles. The van der Waals surface area contributed by atoms with Crippen LogP contribution < -0.4 is 11.1 Å². The molecule has 0 bridgehead atoms. The minimum atomic E-state index is -0.0839. The number of hydrogen-bond acceptors (Lipinski definition) is 3. The van der Waals surface area contributed by atoms with Crippen LogP contribution in [0.25, 0.3) is 0 Å². The van der Waals surface area contributed by atoms with Gasteiger partial charge in [0.05, 0.1) is 0 Å². The maximum Gasteiger partial charge on any atom is 0.224 e. The van der Waals surface area contributed by atoms with E-state index in [2.05, 4.69) is 24.1 Å². The Kier molecular flexibility index (Phi) is 6.49. The first-order valence-electron chi connectivity index (χ1n) is 5.17. The summed E-state index contributed by atoms with van der Waals surface area (Å²) in [6, 6.07) is 0.513. The molecule has 1 atom stereocenters. The Morgan fingerprint density at radius 1 is 1.43 bits per heavy atom. The first-order chi connectivity index (χ1) is 6.49. The topological polar surface area (TPSA) is 58.4 Å². The van der Waals surface area contributed by atoms with Crippen molar-refractivity contribution in [1.29, 1.82) is 0 Å². The molecular weight excluding hydrogens is 178 g/mol. The van der Waals surface area contributed by atoms with Crippen LogP contribution in [0.3, 0.4) is 0 Å². The molecule has 0 aromatic rings. The highest BCUT2D eigenvalue weighted by atomic mass is 16.1. The highest BCUT2D eigenvalue weighted by Gasteiger charge is 2.10. The van der Waals surface area contributed by atoms with Crippen LogP contribution in [0.2, 0.25) is 0 Å². The lowest BCUT2D eigenvalue weighted by molar-refractivity contribution is -0.124. The van der Waals surface area contributed by atoms with Gasteiger partial charge in [0.25, 0.3) is 0 Å². The van der Waals surface area contributed by atoms with E-state index in [1.165, 1.54) is 0 Å². The van der Waals surface area contributed by atoms with Gasteiger partial charge in [-0.25, -0.2) is 0 Å². The smallest absolute Gasteiger partial charge is 0.224 e. The molecule has 3 N–H and O–H groups in total. The van der Waals surface area contributed by atoms with E-state index in [0.717, 1.165) is 6.54 Å². The van der Waals surface area contributed by atoms with Gasteiger partial charge >= 0.3 is 0 Å². The van der Waals surface area contributed by atoms with Crippen LogP contribution in [-0.2, 0) is 4.79 Å². The molecule has 0 aromatic carbocycles. The summed E-state index contributed by atoms with van der Waals surface area (Å²) in [4.78, 5) is 13.5. The number of nitrogens with two attached hydrogens (primary N) is 1. The van der Waals surface area contributed by atoms with Crippen LogP contribution in [0.4, 0.5) is 0 Å². The molecule has 0 aliphatic rings. The number of nitrogens with zero attached hydrogens (tertiary/aromatic N) is 1. The molecule has 14 heavy (non-hydrogen) atoms. The Bertz CT molecular complexity index is 171. The highest BCUT2D eigenvalue weighted by molar-refractivity contribution is 5.78. The summed E-state index contributed by atoms with van der Waals surface area (Å²) in [7, 11) is 2.04. The predicted molar refractivity (Wildman–Crippen MR) is 59.0 cm³/mol. The van der Waals surface area contributed by atoms with Crippen LogP contribution in [0.5, 0.6) is 0 Å². The van der Waals surface area contributed by atoms with Crippen molar-refractivity contribution >= 4 is 5.91 Å². The molecule has 0 spiro atoms. The van der Waals surface area contributed by atoms with Gasteiger partial charge < -0.3 is 16.0 Å². The summed E-state index contributed by atoms with van der Waals surface area (Å²) >= 11 is 0. The van der Waals surface area contributed by atoms with Gasteiger partial charge in [-0.05, 0) is 20.9 Å². The Hall–Kier alpha value is -0.610. The molecule has 4 heteroatoms. The Labute approximate surface area is 86.8 Å². The van der Waals surface area contributed by atoms with E-state index < -0.39 is 0 Å². The van der Waals surface area contributed by atoms with E-state index >= 15 is 0 Å². The van der Waals surface area contributed by atoms with Crippen molar-refractivity contribution in [2.45, 2.75) is 26.8 Å². The fourth-order valence-electron chi connectivity index (χ4n) is 0.895. The second kappa shape index (κ2) is 6.79. The highest BCUT2D eigenvalue weighted by Crippen LogP contribution is 1.92. The van der Waals surface area contributed by atoms with Crippen molar-refractivity contribution in [3.63, 3.8) is 0 Å². The third kappa shape index (κ3) is 5.19. The summed E-state index contributed by atoms with van der Waals surface area (Å²) in [6.45, 7) is 8.07. The van der Waals surface area contributed by atoms with Gasteiger partial charge in [-0.15, -0.1) is 0 Å². The molecule has 0 saturated carbocycles. The average Bonchev–Trinajstić information content (AvgIpc) is 2.15. The number of hydrogen-bond donors (Lipinski definition) is 2. The van der Waals surface area contributed by atoms with Gasteiger partial charge in [-0.2, -0.15) is 0 Å². The lowest BCUT2D eigenvalue weighted by Gasteiger charge is -2.21. The molecule has 0 aliphatic heterocycles. The molecule has 1 unspecified atom stereocenters. The minimum Gasteiger partial charge on any atom is -0.355 e. The maximum absolute atomic E-state index is 11.3. The quantitative estimate of drug-likeness (QED) is 0.638. The standard InChI is InChI=1S/C10H23N3O/c1-8(2)13(4)6-5-12-10(14)9(3)7-11/h8-9H,5-7,11H2,1-4H3,(H,12,14). The SMILES string of the molecule is CC(CN)C(=O)NCCN(C)C(C)C. The number of amides is 1. The van der Waals surface area contributed by atoms with Crippen molar-refractivity contribution in [2.75, 3.05) is 26.7 Å². The normalized spacial score (nSPS) is 13.4. The van der Waals surface area contributed by atoms with Crippen molar-refractivity contribution in [2.24, 2.45) is 11.7 Å². The minimum absolute atomic E-state index is 0.0460. The van der Waals surface area contributed by atoms with Crippen molar-refractivity contribution in [3.8, 4) is 0 Å². The van der Waals surface area contributed by atoms with Crippen LogP contribution in [0, 0.1) is 5.92 Å². The Morgan fingerprint density at radius 3 is 2.43 bits per heavy atom. The van der Waals surface area contributed by atoms with Gasteiger partial charge in [0.2, 0.25) is 5.91 Å². The molecule has 1 amide bonds.